The van der Waals surface area contributed by atoms with Crippen molar-refractivity contribution < 1.29 is 9.47 Å². The highest BCUT2D eigenvalue weighted by Gasteiger charge is 2.13. The Morgan fingerprint density at radius 1 is 0.957 bits per heavy atom. The molecule has 0 amide bonds. The number of fused-ring (bicyclic) bond motifs is 1. The molecule has 2 aromatic carbocycles. The first-order valence-electron chi connectivity index (χ1n) is 7.47. The number of rotatable bonds is 4. The predicted molar refractivity (Wildman–Crippen MR) is 91.6 cm³/mol. The van der Waals surface area contributed by atoms with Crippen molar-refractivity contribution in [1.29, 1.82) is 0 Å². The molecule has 3 rings (SSSR count). The van der Waals surface area contributed by atoms with Gasteiger partial charge < -0.3 is 14.0 Å². The Morgan fingerprint density at radius 2 is 1.61 bits per heavy atom. The maximum Gasteiger partial charge on any atom is 0.259 e. The number of hydrogen-bond donors (Lipinski definition) is 0. The summed E-state index contributed by atoms with van der Waals surface area (Å²) in [5.41, 5.74) is 1.05. The summed E-state index contributed by atoms with van der Waals surface area (Å²) in [6, 6.07) is 15.4. The zero-order chi connectivity index (χ0) is 16.4. The second-order valence-corrected chi connectivity index (χ2v) is 5.41. The third kappa shape index (κ3) is 2.68. The molecule has 1 aromatic heterocycles. The molecule has 0 saturated carbocycles. The number of benzene rings is 2. The van der Waals surface area contributed by atoms with Gasteiger partial charge in [0.25, 0.3) is 5.56 Å². The van der Waals surface area contributed by atoms with Gasteiger partial charge in [-0.3, -0.25) is 4.79 Å². The van der Waals surface area contributed by atoms with Crippen LogP contribution in [0.4, 0.5) is 0 Å². The van der Waals surface area contributed by atoms with E-state index in [9.17, 15) is 4.79 Å². The molecule has 4 nitrogen and oxygen atoms in total. The maximum atomic E-state index is 12.9. The van der Waals surface area contributed by atoms with Gasteiger partial charge in [-0.25, -0.2) is 0 Å². The van der Waals surface area contributed by atoms with E-state index in [2.05, 4.69) is 0 Å². The van der Waals surface area contributed by atoms with Crippen LogP contribution in [0.2, 0.25) is 0 Å². The molecular formula is C19H19NO3. The Labute approximate surface area is 134 Å². The van der Waals surface area contributed by atoms with E-state index in [1.807, 2.05) is 55.6 Å². The average Bonchev–Trinajstić information content (AvgIpc) is 2.61. The van der Waals surface area contributed by atoms with Crippen LogP contribution in [0.1, 0.15) is 18.5 Å². The SMILES string of the molecule is COc1cc2ccn([C@@H](C)c3ccccc3)c(=O)c2cc1OC. The van der Waals surface area contributed by atoms with Gasteiger partial charge in [-0.2, -0.15) is 0 Å². The van der Waals surface area contributed by atoms with E-state index in [0.717, 1.165) is 10.9 Å². The van der Waals surface area contributed by atoms with Crippen molar-refractivity contribution in [3.8, 4) is 11.5 Å². The number of pyridine rings is 1. The third-order valence-electron chi connectivity index (χ3n) is 4.13. The molecule has 118 valence electrons. The zero-order valence-corrected chi connectivity index (χ0v) is 13.4. The fraction of sp³-hybridized carbons (Fsp3) is 0.211. The molecule has 4 heteroatoms. The van der Waals surface area contributed by atoms with Crippen molar-refractivity contribution in [2.75, 3.05) is 14.2 Å². The molecule has 23 heavy (non-hydrogen) atoms. The van der Waals surface area contributed by atoms with E-state index in [-0.39, 0.29) is 11.6 Å². The van der Waals surface area contributed by atoms with Crippen molar-refractivity contribution in [3.63, 3.8) is 0 Å². The molecule has 0 N–H and O–H groups in total. The minimum Gasteiger partial charge on any atom is -0.493 e. The first kappa shape index (κ1) is 15.2. The van der Waals surface area contributed by atoms with Crippen molar-refractivity contribution in [1.82, 2.24) is 4.57 Å². The molecule has 0 fully saturated rings. The second-order valence-electron chi connectivity index (χ2n) is 5.41. The molecule has 0 aliphatic carbocycles. The molecule has 3 aromatic rings. The summed E-state index contributed by atoms with van der Waals surface area (Å²) < 4.78 is 12.3. The quantitative estimate of drug-likeness (QED) is 0.739. The minimum atomic E-state index is -0.0418. The lowest BCUT2D eigenvalue weighted by Gasteiger charge is -2.17. The second kappa shape index (κ2) is 6.16. The summed E-state index contributed by atoms with van der Waals surface area (Å²) in [6.45, 7) is 2.02. The lowest BCUT2D eigenvalue weighted by molar-refractivity contribution is 0.356. The van der Waals surface area contributed by atoms with Crippen LogP contribution >= 0.6 is 0 Å². The van der Waals surface area contributed by atoms with E-state index in [1.165, 1.54) is 0 Å². The normalized spacial score (nSPS) is 12.1. The molecule has 1 atom stereocenters. The van der Waals surface area contributed by atoms with Gasteiger partial charge in [-0.1, -0.05) is 30.3 Å². The van der Waals surface area contributed by atoms with Gasteiger partial charge in [0, 0.05) is 6.20 Å². The van der Waals surface area contributed by atoms with Gasteiger partial charge in [0.1, 0.15) is 0 Å². The van der Waals surface area contributed by atoms with Gasteiger partial charge in [-0.15, -0.1) is 0 Å². The monoisotopic (exact) mass is 309 g/mol. The highest BCUT2D eigenvalue weighted by atomic mass is 16.5. The van der Waals surface area contributed by atoms with Crippen LogP contribution in [0.25, 0.3) is 10.8 Å². The summed E-state index contributed by atoms with van der Waals surface area (Å²) in [6.07, 6.45) is 1.83. The molecule has 0 radical (unpaired) electrons. The van der Waals surface area contributed by atoms with E-state index in [4.69, 9.17) is 9.47 Å². The number of methoxy groups -OCH3 is 2. The van der Waals surface area contributed by atoms with Crippen molar-refractivity contribution >= 4 is 10.8 Å². The van der Waals surface area contributed by atoms with Crippen LogP contribution in [-0.4, -0.2) is 18.8 Å². The van der Waals surface area contributed by atoms with E-state index in [1.54, 1.807) is 24.9 Å². The largest absolute Gasteiger partial charge is 0.493 e. The Bertz CT molecular complexity index is 884. The molecule has 0 saturated heterocycles. The van der Waals surface area contributed by atoms with Crippen LogP contribution in [-0.2, 0) is 0 Å². The van der Waals surface area contributed by atoms with Crippen LogP contribution in [0, 0.1) is 0 Å². The first-order chi connectivity index (χ1) is 11.2. The first-order valence-corrected chi connectivity index (χ1v) is 7.47. The fourth-order valence-electron chi connectivity index (χ4n) is 2.78. The van der Waals surface area contributed by atoms with Gasteiger partial charge in [0.2, 0.25) is 0 Å². The number of hydrogen-bond acceptors (Lipinski definition) is 3. The molecule has 0 unspecified atom stereocenters. The Balaban J connectivity index is 2.17. The Morgan fingerprint density at radius 3 is 2.26 bits per heavy atom. The molecule has 1 heterocycles. The van der Waals surface area contributed by atoms with E-state index in [0.29, 0.717) is 16.9 Å². The molecule has 0 spiro atoms. The highest BCUT2D eigenvalue weighted by Crippen LogP contribution is 2.31. The summed E-state index contributed by atoms with van der Waals surface area (Å²) in [7, 11) is 3.15. The lowest BCUT2D eigenvalue weighted by atomic mass is 10.1. The molecule has 0 aliphatic rings. The zero-order valence-electron chi connectivity index (χ0n) is 13.4. The van der Waals surface area contributed by atoms with Gasteiger partial charge in [-0.05, 0) is 36.1 Å². The highest BCUT2D eigenvalue weighted by molar-refractivity contribution is 5.85. The maximum absolute atomic E-state index is 12.9. The van der Waals surface area contributed by atoms with Crippen molar-refractivity contribution in [2.45, 2.75) is 13.0 Å². The summed E-state index contributed by atoms with van der Waals surface area (Å²) >= 11 is 0. The lowest BCUT2D eigenvalue weighted by Crippen LogP contribution is -2.23. The van der Waals surface area contributed by atoms with Gasteiger partial charge >= 0.3 is 0 Å². The smallest absolute Gasteiger partial charge is 0.259 e. The van der Waals surface area contributed by atoms with Crippen LogP contribution in [0.5, 0.6) is 11.5 Å². The Kier molecular flexibility index (Phi) is 4.06. The summed E-state index contributed by atoms with van der Waals surface area (Å²) in [4.78, 5) is 12.9. The molecular weight excluding hydrogens is 290 g/mol. The van der Waals surface area contributed by atoms with Gasteiger partial charge in [0.05, 0.1) is 25.6 Å². The van der Waals surface area contributed by atoms with Crippen LogP contribution in [0.3, 0.4) is 0 Å². The molecule has 0 bridgehead atoms. The minimum absolute atomic E-state index is 0.0406. The fourth-order valence-corrected chi connectivity index (χ4v) is 2.78. The third-order valence-corrected chi connectivity index (χ3v) is 4.13. The van der Waals surface area contributed by atoms with Crippen molar-refractivity contribution in [2.24, 2.45) is 0 Å². The summed E-state index contributed by atoms with van der Waals surface area (Å²) in [5, 5.41) is 1.46. The average molecular weight is 309 g/mol. The molecule has 0 aliphatic heterocycles. The number of aromatic nitrogens is 1. The van der Waals surface area contributed by atoms with Crippen LogP contribution in [0.15, 0.2) is 59.5 Å². The topological polar surface area (TPSA) is 40.5 Å². The van der Waals surface area contributed by atoms with E-state index >= 15 is 0 Å². The standard InChI is InChI=1S/C19H19NO3/c1-13(14-7-5-4-6-8-14)20-10-9-15-11-17(22-2)18(23-3)12-16(15)19(20)21/h4-13H,1-3H3/t13-/m0/s1. The van der Waals surface area contributed by atoms with Gasteiger partial charge in [0.15, 0.2) is 11.5 Å². The summed E-state index contributed by atoms with van der Waals surface area (Å²) in [5.74, 6) is 1.18. The number of nitrogens with zero attached hydrogens (tertiary/aromatic N) is 1. The van der Waals surface area contributed by atoms with Crippen LogP contribution < -0.4 is 15.0 Å². The Hall–Kier alpha value is -2.75. The predicted octanol–water partition coefficient (Wildman–Crippen LogP) is 3.63. The number of ether oxygens (including phenoxy) is 2. The van der Waals surface area contributed by atoms with Crippen molar-refractivity contribution in [3.05, 3.63) is 70.6 Å². The van der Waals surface area contributed by atoms with E-state index < -0.39 is 0 Å².